The van der Waals surface area contributed by atoms with Crippen LogP contribution < -0.4 is 4.90 Å². The van der Waals surface area contributed by atoms with Crippen LogP contribution in [0, 0.1) is 0 Å². The lowest BCUT2D eigenvalue weighted by Gasteiger charge is -2.26. The van der Waals surface area contributed by atoms with Crippen LogP contribution in [0.4, 0.5) is 17.1 Å². The summed E-state index contributed by atoms with van der Waals surface area (Å²) in [5, 5.41) is 4.89. The molecule has 0 saturated carbocycles. The third kappa shape index (κ3) is 5.88. The fourth-order valence-corrected chi connectivity index (χ4v) is 9.57. The van der Waals surface area contributed by atoms with Crippen LogP contribution in [0.15, 0.2) is 217 Å². The summed E-state index contributed by atoms with van der Waals surface area (Å²) in [6.07, 6.45) is 0. The van der Waals surface area contributed by atoms with Crippen molar-refractivity contribution in [3.05, 3.63) is 212 Å². The summed E-state index contributed by atoms with van der Waals surface area (Å²) in [6, 6.07) is 76.4. The van der Waals surface area contributed by atoms with E-state index in [1.807, 2.05) is 23.5 Å². The maximum atomic E-state index is 6.12. The number of fused-ring (bicyclic) bond motifs is 6. The van der Waals surface area contributed by atoms with E-state index < -0.39 is 0 Å². The van der Waals surface area contributed by atoms with E-state index in [-0.39, 0.29) is 0 Å². The molecule has 57 heavy (non-hydrogen) atoms. The monoisotopic (exact) mass is 745 g/mol. The molecule has 268 valence electrons. The lowest BCUT2D eigenvalue weighted by atomic mass is 9.92. The maximum absolute atomic E-state index is 6.12. The van der Waals surface area contributed by atoms with Gasteiger partial charge in [0.15, 0.2) is 0 Å². The number of hydrogen-bond acceptors (Lipinski definition) is 3. The molecular formula is C54H35NOS. The van der Waals surface area contributed by atoms with Crippen molar-refractivity contribution in [3.63, 3.8) is 0 Å². The number of benzene rings is 9. The van der Waals surface area contributed by atoms with Crippen molar-refractivity contribution >= 4 is 70.5 Å². The highest BCUT2D eigenvalue weighted by atomic mass is 32.1. The Morgan fingerprint density at radius 2 is 0.842 bits per heavy atom. The van der Waals surface area contributed by atoms with Gasteiger partial charge >= 0.3 is 0 Å². The number of thiophene rings is 1. The van der Waals surface area contributed by atoms with E-state index >= 15 is 0 Å². The van der Waals surface area contributed by atoms with Gasteiger partial charge in [0, 0.05) is 53.6 Å². The summed E-state index contributed by atoms with van der Waals surface area (Å²) in [5.41, 5.74) is 14.8. The molecule has 0 unspecified atom stereocenters. The van der Waals surface area contributed by atoms with E-state index in [4.69, 9.17) is 4.42 Å². The fraction of sp³-hybridized carbons (Fsp3) is 0. The first-order chi connectivity index (χ1) is 28.2. The second-order valence-electron chi connectivity index (χ2n) is 14.5. The Labute approximate surface area is 335 Å². The summed E-state index contributed by atoms with van der Waals surface area (Å²) in [7, 11) is 0. The standard InChI is InChI=1S/C54H35NOS/c1-3-11-36(12-4-1)37-19-26-42(27-20-37)55(43-28-21-38(22-29-43)41-25-34-51-49(35-41)46-15-7-9-17-50(46)56-51)44-30-23-39(24-31-44)45-32-33-48-47-16-8-10-18-52(47)57-54(48)53(45)40-13-5-2-6-14-40/h1-35H. The molecule has 0 spiro atoms. The highest BCUT2D eigenvalue weighted by Crippen LogP contribution is 2.46. The molecule has 0 radical (unpaired) electrons. The van der Waals surface area contributed by atoms with Gasteiger partial charge in [-0.25, -0.2) is 0 Å². The van der Waals surface area contributed by atoms with Crippen LogP contribution in [0.1, 0.15) is 0 Å². The van der Waals surface area contributed by atoms with Crippen molar-refractivity contribution in [1.82, 2.24) is 0 Å². The summed E-state index contributed by atoms with van der Waals surface area (Å²) in [6.45, 7) is 0. The molecule has 0 atom stereocenters. The van der Waals surface area contributed by atoms with E-state index in [9.17, 15) is 0 Å². The van der Waals surface area contributed by atoms with Crippen LogP contribution in [0.25, 0.3) is 86.6 Å². The van der Waals surface area contributed by atoms with Crippen LogP contribution in [-0.4, -0.2) is 0 Å². The molecule has 2 nitrogen and oxygen atoms in total. The zero-order valence-electron chi connectivity index (χ0n) is 31.0. The van der Waals surface area contributed by atoms with Crippen LogP contribution in [0.5, 0.6) is 0 Å². The first-order valence-corrected chi connectivity index (χ1v) is 20.1. The minimum absolute atomic E-state index is 0.907. The Bertz CT molecular complexity index is 3200. The summed E-state index contributed by atoms with van der Waals surface area (Å²) in [5.74, 6) is 0. The third-order valence-corrected chi connectivity index (χ3v) is 12.3. The van der Waals surface area contributed by atoms with E-state index in [0.29, 0.717) is 0 Å². The van der Waals surface area contributed by atoms with Gasteiger partial charge in [0.05, 0.1) is 0 Å². The molecule has 0 amide bonds. The number of anilines is 3. The van der Waals surface area contributed by atoms with Crippen molar-refractivity contribution < 1.29 is 4.42 Å². The van der Waals surface area contributed by atoms with Crippen molar-refractivity contribution in [1.29, 1.82) is 0 Å². The number of hydrogen-bond donors (Lipinski definition) is 0. The number of nitrogens with zero attached hydrogens (tertiary/aromatic N) is 1. The largest absolute Gasteiger partial charge is 0.456 e. The van der Waals surface area contributed by atoms with Gasteiger partial charge in [0.1, 0.15) is 11.2 Å². The fourth-order valence-electron chi connectivity index (χ4n) is 8.30. The normalized spacial score (nSPS) is 11.5. The topological polar surface area (TPSA) is 16.4 Å². The molecule has 0 aliphatic carbocycles. The third-order valence-electron chi connectivity index (χ3n) is 11.1. The minimum atomic E-state index is 0.907. The molecule has 0 N–H and O–H groups in total. The van der Waals surface area contributed by atoms with Crippen molar-refractivity contribution in [3.8, 4) is 44.5 Å². The van der Waals surface area contributed by atoms with E-state index in [1.54, 1.807) is 0 Å². The van der Waals surface area contributed by atoms with Gasteiger partial charge in [-0.1, -0.05) is 152 Å². The molecule has 0 bridgehead atoms. The van der Waals surface area contributed by atoms with Gasteiger partial charge < -0.3 is 9.32 Å². The first-order valence-electron chi connectivity index (χ1n) is 19.3. The lowest BCUT2D eigenvalue weighted by Crippen LogP contribution is -2.09. The van der Waals surface area contributed by atoms with Gasteiger partial charge in [-0.2, -0.15) is 0 Å². The van der Waals surface area contributed by atoms with E-state index in [0.717, 1.165) is 50.1 Å². The Hall–Kier alpha value is -7.20. The number of rotatable bonds is 7. The van der Waals surface area contributed by atoms with Gasteiger partial charge in [-0.3, -0.25) is 0 Å². The summed E-state index contributed by atoms with van der Waals surface area (Å²) >= 11 is 1.88. The molecule has 2 heterocycles. The van der Waals surface area contributed by atoms with Crippen LogP contribution in [-0.2, 0) is 0 Å². The average Bonchev–Trinajstić information content (AvgIpc) is 3.86. The Morgan fingerprint density at radius 1 is 0.333 bits per heavy atom. The summed E-state index contributed by atoms with van der Waals surface area (Å²) < 4.78 is 8.76. The Kier molecular flexibility index (Phi) is 8.04. The molecule has 0 fully saturated rings. The molecular weight excluding hydrogens is 711 g/mol. The molecule has 0 aliphatic heterocycles. The predicted molar refractivity (Wildman–Crippen MR) is 243 cm³/mol. The molecule has 11 aromatic rings. The van der Waals surface area contributed by atoms with Gasteiger partial charge in [-0.05, 0) is 99.6 Å². The van der Waals surface area contributed by atoms with Gasteiger partial charge in [0.2, 0.25) is 0 Å². The Balaban J connectivity index is 1.00. The highest BCUT2D eigenvalue weighted by Gasteiger charge is 2.18. The molecule has 11 rings (SSSR count). The second-order valence-corrected chi connectivity index (χ2v) is 15.5. The molecule has 9 aromatic carbocycles. The smallest absolute Gasteiger partial charge is 0.135 e. The second kappa shape index (κ2) is 13.8. The van der Waals surface area contributed by atoms with Crippen molar-refractivity contribution in [2.45, 2.75) is 0 Å². The lowest BCUT2D eigenvalue weighted by molar-refractivity contribution is 0.669. The zero-order valence-corrected chi connectivity index (χ0v) is 31.8. The summed E-state index contributed by atoms with van der Waals surface area (Å²) in [4.78, 5) is 2.35. The van der Waals surface area contributed by atoms with Gasteiger partial charge in [-0.15, -0.1) is 11.3 Å². The molecule has 3 heteroatoms. The average molecular weight is 746 g/mol. The number of para-hydroxylation sites is 1. The Morgan fingerprint density at radius 3 is 1.53 bits per heavy atom. The molecule has 2 aromatic heterocycles. The van der Waals surface area contributed by atoms with Crippen LogP contribution >= 0.6 is 11.3 Å². The molecule has 0 aliphatic rings. The number of furan rings is 1. The van der Waals surface area contributed by atoms with E-state index in [1.165, 1.54) is 53.6 Å². The van der Waals surface area contributed by atoms with Crippen molar-refractivity contribution in [2.24, 2.45) is 0 Å². The predicted octanol–water partition coefficient (Wildman–Crippen LogP) is 16.1. The maximum Gasteiger partial charge on any atom is 0.135 e. The van der Waals surface area contributed by atoms with Crippen molar-refractivity contribution in [2.75, 3.05) is 4.90 Å². The SMILES string of the molecule is c1ccc(-c2ccc(N(c3ccc(-c4ccc5oc6ccccc6c5c4)cc3)c3ccc(-c4ccc5c(sc6ccccc65)c4-c4ccccc4)cc3)cc2)cc1. The quantitative estimate of drug-likeness (QED) is 0.162. The molecule has 0 saturated heterocycles. The minimum Gasteiger partial charge on any atom is -0.456 e. The highest BCUT2D eigenvalue weighted by molar-refractivity contribution is 7.26. The van der Waals surface area contributed by atoms with Crippen LogP contribution in [0.3, 0.4) is 0 Å². The van der Waals surface area contributed by atoms with E-state index in [2.05, 4.69) is 205 Å². The van der Waals surface area contributed by atoms with Crippen LogP contribution in [0.2, 0.25) is 0 Å². The zero-order chi connectivity index (χ0) is 37.7. The van der Waals surface area contributed by atoms with Gasteiger partial charge in [0.25, 0.3) is 0 Å². The first kappa shape index (κ1) is 33.2.